The van der Waals surface area contributed by atoms with Crippen molar-refractivity contribution >= 4 is 23.5 Å². The van der Waals surface area contributed by atoms with Crippen LogP contribution in [0, 0.1) is 5.92 Å². The number of rotatable bonds is 7. The molecule has 0 radical (unpaired) electrons. The molecule has 5 rings (SSSR count). The minimum atomic E-state index is -4.78. The van der Waals surface area contributed by atoms with Crippen molar-refractivity contribution in [1.29, 1.82) is 0 Å². The minimum absolute atomic E-state index is 0.00684. The smallest absolute Gasteiger partial charge is 0.416 e. The van der Waals surface area contributed by atoms with Crippen molar-refractivity contribution in [3.63, 3.8) is 0 Å². The average Bonchev–Trinajstić information content (AvgIpc) is 3.39. The Hall–Kier alpha value is -3.78. The largest absolute Gasteiger partial charge is 0.495 e. The van der Waals surface area contributed by atoms with E-state index in [1.807, 2.05) is 0 Å². The molecule has 0 spiro atoms. The molecule has 1 fully saturated rings. The molecule has 48 heavy (non-hydrogen) atoms. The van der Waals surface area contributed by atoms with Crippen LogP contribution in [0.5, 0.6) is 5.75 Å². The van der Waals surface area contributed by atoms with Gasteiger partial charge in [0, 0.05) is 37.6 Å². The molecule has 15 heteroatoms. The second-order valence-electron chi connectivity index (χ2n) is 13.1. The lowest BCUT2D eigenvalue weighted by atomic mass is 9.93. The average molecular weight is 699 g/mol. The molecule has 0 aliphatic carbocycles. The number of hydrogen-bond acceptors (Lipinski definition) is 7. The number of likely N-dealkylation sites (tertiary alicyclic amines) is 1. The van der Waals surface area contributed by atoms with E-state index in [0.29, 0.717) is 32.9 Å². The van der Waals surface area contributed by atoms with E-state index in [0.717, 1.165) is 22.8 Å². The van der Waals surface area contributed by atoms with Crippen LogP contribution in [0.3, 0.4) is 0 Å². The van der Waals surface area contributed by atoms with Crippen LogP contribution in [-0.2, 0) is 31.2 Å². The predicted octanol–water partition coefficient (Wildman–Crippen LogP) is 7.58. The first-order valence-corrected chi connectivity index (χ1v) is 15.8. The van der Waals surface area contributed by atoms with Crippen LogP contribution >= 0.6 is 11.6 Å². The van der Waals surface area contributed by atoms with Crippen LogP contribution in [0.15, 0.2) is 36.4 Å². The number of hydrogen-bond donors (Lipinski definition) is 0. The zero-order chi connectivity index (χ0) is 35.2. The van der Waals surface area contributed by atoms with Crippen molar-refractivity contribution in [2.45, 2.75) is 83.3 Å². The lowest BCUT2D eigenvalue weighted by Crippen LogP contribution is -2.40. The summed E-state index contributed by atoms with van der Waals surface area (Å²) >= 11 is 6.65. The summed E-state index contributed by atoms with van der Waals surface area (Å²) < 4.78 is 90.1. The number of alkyl halides is 5. The standard InChI is InChI=1S/C33H36ClF5N4O5/c1-31(2,3)48-26(45)15-18-11-13-42(14-12-18)25(44)17-24-29-40-41-30(32(4,35)36)43(29)22-10-9-19(33(37,38)39)16-21(22)28(47-24)20-7-6-8-23(46-5)27(20)34/h6-10,16,18,24,28H,11-15,17H2,1-5H3/t24-,28-/m1/s1. The van der Waals surface area contributed by atoms with E-state index < -0.39 is 47.2 Å². The van der Waals surface area contributed by atoms with E-state index in [-0.39, 0.29) is 58.1 Å². The van der Waals surface area contributed by atoms with E-state index in [9.17, 15) is 31.5 Å². The summed E-state index contributed by atoms with van der Waals surface area (Å²) in [4.78, 5) is 27.7. The highest BCUT2D eigenvalue weighted by Gasteiger charge is 2.43. The second kappa shape index (κ2) is 13.3. The van der Waals surface area contributed by atoms with Gasteiger partial charge in [-0.05, 0) is 63.8 Å². The number of benzene rings is 2. The van der Waals surface area contributed by atoms with E-state index in [1.54, 1.807) is 37.8 Å². The Bertz CT molecular complexity index is 1680. The van der Waals surface area contributed by atoms with Gasteiger partial charge in [0.1, 0.15) is 23.6 Å². The molecular weight excluding hydrogens is 663 g/mol. The van der Waals surface area contributed by atoms with Crippen molar-refractivity contribution in [1.82, 2.24) is 19.7 Å². The van der Waals surface area contributed by atoms with Gasteiger partial charge in [-0.15, -0.1) is 10.2 Å². The Morgan fingerprint density at radius 1 is 0.979 bits per heavy atom. The second-order valence-corrected chi connectivity index (χ2v) is 13.4. The highest BCUT2D eigenvalue weighted by atomic mass is 35.5. The Kier molecular flexibility index (Phi) is 9.81. The molecule has 0 unspecified atom stereocenters. The first kappa shape index (κ1) is 35.5. The minimum Gasteiger partial charge on any atom is -0.495 e. The normalized spacial score (nSPS) is 18.9. The third kappa shape index (κ3) is 7.59. The van der Waals surface area contributed by atoms with Crippen molar-refractivity contribution < 1.29 is 45.8 Å². The third-order valence-electron chi connectivity index (χ3n) is 8.25. The highest BCUT2D eigenvalue weighted by Crippen LogP contribution is 2.47. The Balaban J connectivity index is 1.52. The molecule has 1 amide bonds. The van der Waals surface area contributed by atoms with Crippen LogP contribution in [-0.4, -0.2) is 57.3 Å². The van der Waals surface area contributed by atoms with Gasteiger partial charge < -0.3 is 19.1 Å². The first-order chi connectivity index (χ1) is 22.4. The molecule has 1 saturated heterocycles. The van der Waals surface area contributed by atoms with Gasteiger partial charge in [0.15, 0.2) is 5.82 Å². The molecule has 0 saturated carbocycles. The third-order valence-corrected chi connectivity index (χ3v) is 8.65. The number of methoxy groups -OCH3 is 1. The van der Waals surface area contributed by atoms with Gasteiger partial charge in [0.25, 0.3) is 0 Å². The zero-order valence-corrected chi connectivity index (χ0v) is 27.8. The Morgan fingerprint density at radius 3 is 2.27 bits per heavy atom. The lowest BCUT2D eigenvalue weighted by Gasteiger charge is -2.33. The molecule has 0 bridgehead atoms. The molecule has 2 aliphatic rings. The van der Waals surface area contributed by atoms with Crippen LogP contribution in [0.4, 0.5) is 22.0 Å². The summed E-state index contributed by atoms with van der Waals surface area (Å²) in [7, 11) is 1.36. The number of amides is 1. The van der Waals surface area contributed by atoms with Gasteiger partial charge in [0.2, 0.25) is 11.7 Å². The monoisotopic (exact) mass is 698 g/mol. The van der Waals surface area contributed by atoms with Crippen molar-refractivity contribution in [3.8, 4) is 11.4 Å². The number of carbonyl (C=O) groups excluding carboxylic acids is 2. The fraction of sp³-hybridized carbons (Fsp3) is 0.515. The molecule has 3 aromatic rings. The van der Waals surface area contributed by atoms with Crippen LogP contribution in [0.2, 0.25) is 5.02 Å². The van der Waals surface area contributed by atoms with E-state index in [1.165, 1.54) is 13.2 Å². The molecular formula is C33H36ClF5N4O5. The number of esters is 1. The summed E-state index contributed by atoms with van der Waals surface area (Å²) in [6.07, 6.45) is -6.56. The van der Waals surface area contributed by atoms with Gasteiger partial charge in [-0.25, -0.2) is 0 Å². The number of aromatic nitrogens is 3. The maximum atomic E-state index is 15.0. The highest BCUT2D eigenvalue weighted by molar-refractivity contribution is 6.32. The number of halogens is 6. The van der Waals surface area contributed by atoms with Gasteiger partial charge in [-0.1, -0.05) is 23.7 Å². The summed E-state index contributed by atoms with van der Waals surface area (Å²) in [5, 5.41) is 7.73. The summed E-state index contributed by atoms with van der Waals surface area (Å²) in [5.74, 6) is -5.08. The molecule has 0 N–H and O–H groups in total. The fourth-order valence-electron chi connectivity index (χ4n) is 6.03. The summed E-state index contributed by atoms with van der Waals surface area (Å²) in [6, 6.07) is 7.29. The molecule has 3 heterocycles. The SMILES string of the molecule is COc1cccc([C@H]2O[C@H](CC(=O)N3CCC(CC(=O)OC(C)(C)C)CC3)c3nnc(C(C)(F)F)n3-c3ccc(C(F)(F)F)cc32)c1Cl. The van der Waals surface area contributed by atoms with Gasteiger partial charge in [0.05, 0.1) is 29.8 Å². The maximum Gasteiger partial charge on any atom is 0.416 e. The lowest BCUT2D eigenvalue weighted by molar-refractivity contribution is -0.156. The Morgan fingerprint density at radius 2 is 1.67 bits per heavy atom. The molecule has 9 nitrogen and oxygen atoms in total. The van der Waals surface area contributed by atoms with Gasteiger partial charge >= 0.3 is 18.1 Å². The van der Waals surface area contributed by atoms with Crippen LogP contribution in [0.25, 0.3) is 5.69 Å². The number of carbonyl (C=O) groups is 2. The van der Waals surface area contributed by atoms with Crippen molar-refractivity contribution in [2.75, 3.05) is 20.2 Å². The van der Waals surface area contributed by atoms with Gasteiger partial charge in [-0.3, -0.25) is 14.2 Å². The predicted molar refractivity (Wildman–Crippen MR) is 164 cm³/mol. The quantitative estimate of drug-likeness (QED) is 0.185. The first-order valence-electron chi connectivity index (χ1n) is 15.4. The topological polar surface area (TPSA) is 95.8 Å². The number of nitrogens with zero attached hydrogens (tertiary/aromatic N) is 4. The molecule has 2 aromatic carbocycles. The number of ether oxygens (including phenoxy) is 3. The maximum absolute atomic E-state index is 15.0. The van der Waals surface area contributed by atoms with Crippen LogP contribution < -0.4 is 4.74 Å². The van der Waals surface area contributed by atoms with Crippen LogP contribution in [0.1, 0.15) is 93.9 Å². The molecule has 260 valence electrons. The molecule has 2 aliphatic heterocycles. The number of fused-ring (bicyclic) bond motifs is 3. The zero-order valence-electron chi connectivity index (χ0n) is 27.0. The summed E-state index contributed by atoms with van der Waals surface area (Å²) in [6.45, 7) is 6.60. The van der Waals surface area contributed by atoms with Crippen molar-refractivity contribution in [2.24, 2.45) is 5.92 Å². The number of piperidine rings is 1. The molecule has 1 aromatic heterocycles. The fourth-order valence-corrected chi connectivity index (χ4v) is 6.33. The Labute approximate surface area is 279 Å². The van der Waals surface area contributed by atoms with E-state index >= 15 is 0 Å². The van der Waals surface area contributed by atoms with Gasteiger partial charge in [-0.2, -0.15) is 22.0 Å². The summed E-state index contributed by atoms with van der Waals surface area (Å²) in [5.41, 5.74) is -1.68. The van der Waals surface area contributed by atoms with E-state index in [2.05, 4.69) is 10.2 Å². The van der Waals surface area contributed by atoms with Crippen molar-refractivity contribution in [3.05, 3.63) is 69.8 Å². The van der Waals surface area contributed by atoms with E-state index in [4.69, 9.17) is 25.8 Å². The molecule has 2 atom stereocenters.